The van der Waals surface area contributed by atoms with Crippen molar-refractivity contribution in [2.75, 3.05) is 14.2 Å². The number of methoxy groups -OCH3 is 1. The van der Waals surface area contributed by atoms with E-state index in [0.717, 1.165) is 25.1 Å². The van der Waals surface area contributed by atoms with Crippen LogP contribution in [0.25, 0.3) is 0 Å². The molecule has 1 heterocycles. The van der Waals surface area contributed by atoms with Gasteiger partial charge >= 0.3 is 0 Å². The van der Waals surface area contributed by atoms with Gasteiger partial charge in [0.15, 0.2) is 5.75 Å². The summed E-state index contributed by atoms with van der Waals surface area (Å²) in [7, 11) is 3.75. The molecule has 1 atom stereocenters. The third-order valence-corrected chi connectivity index (χ3v) is 4.03. The Kier molecular flexibility index (Phi) is 5.65. The predicted molar refractivity (Wildman–Crippen MR) is 82.0 cm³/mol. The molecule has 0 saturated heterocycles. The molecule has 0 aromatic carbocycles. The molecule has 1 aliphatic rings. The smallest absolute Gasteiger partial charge is 0.161 e. The van der Waals surface area contributed by atoms with E-state index in [9.17, 15) is 0 Å². The van der Waals surface area contributed by atoms with E-state index in [1.165, 1.54) is 31.4 Å². The molecular weight excluding hydrogens is 250 g/mol. The molecule has 1 N–H and O–H groups in total. The van der Waals surface area contributed by atoms with Crippen LogP contribution in [0.1, 0.15) is 57.2 Å². The van der Waals surface area contributed by atoms with Gasteiger partial charge in [-0.25, -0.2) is 0 Å². The molecule has 4 nitrogen and oxygen atoms in total. The van der Waals surface area contributed by atoms with Crippen LogP contribution < -0.4 is 10.1 Å². The summed E-state index contributed by atoms with van der Waals surface area (Å²) in [6.45, 7) is 3.12. The summed E-state index contributed by atoms with van der Waals surface area (Å²) in [5.74, 6) is 0.897. The van der Waals surface area contributed by atoms with Gasteiger partial charge < -0.3 is 10.1 Å². The van der Waals surface area contributed by atoms with Gasteiger partial charge in [-0.3, -0.25) is 4.68 Å². The molecule has 0 aliphatic heterocycles. The summed E-state index contributed by atoms with van der Waals surface area (Å²) in [5.41, 5.74) is 2.75. The number of hydrogen-bond donors (Lipinski definition) is 1. The molecule has 1 aromatic rings. The Hall–Kier alpha value is -1.29. The predicted octanol–water partition coefficient (Wildman–Crippen LogP) is 3.45. The molecule has 20 heavy (non-hydrogen) atoms. The maximum atomic E-state index is 5.50. The molecule has 0 fully saturated rings. The zero-order chi connectivity index (χ0) is 14.4. The van der Waals surface area contributed by atoms with Gasteiger partial charge in [-0.1, -0.05) is 18.6 Å². The van der Waals surface area contributed by atoms with Crippen molar-refractivity contribution in [2.24, 2.45) is 0 Å². The largest absolute Gasteiger partial charge is 0.493 e. The number of ether oxygens (including phenoxy) is 1. The molecule has 4 heteroatoms. The molecule has 0 spiro atoms. The van der Waals surface area contributed by atoms with Crippen molar-refractivity contribution in [3.8, 4) is 5.75 Å². The third-order valence-electron chi connectivity index (χ3n) is 4.03. The fourth-order valence-corrected chi connectivity index (χ4v) is 2.96. The first-order valence-electron chi connectivity index (χ1n) is 7.75. The Morgan fingerprint density at radius 2 is 2.30 bits per heavy atom. The van der Waals surface area contributed by atoms with Crippen molar-refractivity contribution >= 4 is 0 Å². The molecule has 1 aromatic heterocycles. The van der Waals surface area contributed by atoms with Crippen molar-refractivity contribution in [3.63, 3.8) is 0 Å². The maximum absolute atomic E-state index is 5.50. The molecule has 0 amide bonds. The summed E-state index contributed by atoms with van der Waals surface area (Å²) in [5, 5.41) is 7.91. The molecule has 0 radical (unpaired) electrons. The Bertz CT molecular complexity index is 451. The van der Waals surface area contributed by atoms with Crippen molar-refractivity contribution in [1.29, 1.82) is 0 Å². The van der Waals surface area contributed by atoms with Gasteiger partial charge in [-0.2, -0.15) is 5.10 Å². The number of allylic oxidation sites excluding steroid dienone is 1. The van der Waals surface area contributed by atoms with Crippen LogP contribution in [-0.2, 0) is 6.54 Å². The lowest BCUT2D eigenvalue weighted by atomic mass is 9.93. The number of nitrogens with one attached hydrogen (secondary N) is 1. The summed E-state index contributed by atoms with van der Waals surface area (Å²) in [6, 6.07) is 0.281. The second-order valence-electron chi connectivity index (χ2n) is 5.47. The average molecular weight is 277 g/mol. The van der Waals surface area contributed by atoms with Crippen LogP contribution in [0.15, 0.2) is 17.8 Å². The monoisotopic (exact) mass is 277 g/mol. The van der Waals surface area contributed by atoms with E-state index in [4.69, 9.17) is 4.74 Å². The average Bonchev–Trinajstić information content (AvgIpc) is 2.89. The minimum absolute atomic E-state index is 0.281. The van der Waals surface area contributed by atoms with E-state index in [1.807, 2.05) is 13.2 Å². The molecule has 0 saturated carbocycles. The lowest BCUT2D eigenvalue weighted by Gasteiger charge is -2.22. The van der Waals surface area contributed by atoms with Gasteiger partial charge in [0.1, 0.15) is 0 Å². The van der Waals surface area contributed by atoms with E-state index in [-0.39, 0.29) is 6.04 Å². The van der Waals surface area contributed by atoms with Crippen molar-refractivity contribution in [1.82, 2.24) is 15.1 Å². The van der Waals surface area contributed by atoms with Crippen LogP contribution >= 0.6 is 0 Å². The molecule has 2 rings (SSSR count). The fourth-order valence-electron chi connectivity index (χ4n) is 2.96. The SMILES string of the molecule is CCCn1ncc(OC)c1C(CC1=CCCCC1)NC. The van der Waals surface area contributed by atoms with Crippen molar-refractivity contribution in [2.45, 2.75) is 58.0 Å². The Morgan fingerprint density at radius 1 is 1.45 bits per heavy atom. The van der Waals surface area contributed by atoms with Crippen LogP contribution in [0.3, 0.4) is 0 Å². The van der Waals surface area contributed by atoms with E-state index in [2.05, 4.69) is 28.1 Å². The molecule has 0 bridgehead atoms. The lowest BCUT2D eigenvalue weighted by Crippen LogP contribution is -2.22. The van der Waals surface area contributed by atoms with E-state index in [1.54, 1.807) is 12.7 Å². The van der Waals surface area contributed by atoms with Crippen molar-refractivity contribution in [3.05, 3.63) is 23.5 Å². The fraction of sp³-hybridized carbons (Fsp3) is 0.688. The van der Waals surface area contributed by atoms with Crippen LogP contribution in [0, 0.1) is 0 Å². The summed E-state index contributed by atoms with van der Waals surface area (Å²) in [4.78, 5) is 0. The van der Waals surface area contributed by atoms with Crippen LogP contribution in [0.2, 0.25) is 0 Å². The number of aromatic nitrogens is 2. The highest BCUT2D eigenvalue weighted by Crippen LogP contribution is 2.32. The van der Waals surface area contributed by atoms with Gasteiger partial charge in [0.2, 0.25) is 0 Å². The zero-order valence-electron chi connectivity index (χ0n) is 13.0. The van der Waals surface area contributed by atoms with Crippen molar-refractivity contribution < 1.29 is 4.74 Å². The van der Waals surface area contributed by atoms with Crippen LogP contribution in [0.5, 0.6) is 5.75 Å². The van der Waals surface area contributed by atoms with Gasteiger partial charge in [0.25, 0.3) is 0 Å². The number of rotatable bonds is 7. The third kappa shape index (κ3) is 3.42. The maximum Gasteiger partial charge on any atom is 0.161 e. The minimum Gasteiger partial charge on any atom is -0.493 e. The summed E-state index contributed by atoms with van der Waals surface area (Å²) >= 11 is 0. The minimum atomic E-state index is 0.281. The summed E-state index contributed by atoms with van der Waals surface area (Å²) in [6.07, 6.45) is 11.5. The molecular formula is C16H27N3O. The van der Waals surface area contributed by atoms with Gasteiger partial charge in [0.05, 0.1) is 25.0 Å². The quantitative estimate of drug-likeness (QED) is 0.776. The first kappa shape index (κ1) is 15.1. The molecule has 112 valence electrons. The molecule has 1 unspecified atom stereocenters. The van der Waals surface area contributed by atoms with Crippen LogP contribution in [0.4, 0.5) is 0 Å². The number of aryl methyl sites for hydroxylation is 1. The molecule has 1 aliphatic carbocycles. The highest BCUT2D eigenvalue weighted by molar-refractivity contribution is 5.29. The van der Waals surface area contributed by atoms with Crippen LogP contribution in [-0.4, -0.2) is 23.9 Å². The number of nitrogens with zero attached hydrogens (tertiary/aromatic N) is 2. The normalized spacial score (nSPS) is 16.9. The highest BCUT2D eigenvalue weighted by atomic mass is 16.5. The second kappa shape index (κ2) is 7.48. The Labute approximate surface area is 122 Å². The summed E-state index contributed by atoms with van der Waals surface area (Å²) < 4.78 is 7.59. The number of hydrogen-bond acceptors (Lipinski definition) is 3. The Morgan fingerprint density at radius 3 is 2.90 bits per heavy atom. The van der Waals surface area contributed by atoms with E-state index < -0.39 is 0 Å². The lowest BCUT2D eigenvalue weighted by molar-refractivity contribution is 0.392. The first-order valence-corrected chi connectivity index (χ1v) is 7.75. The standard InChI is InChI=1S/C16H27N3O/c1-4-10-19-16(15(20-3)12-18-19)14(17-2)11-13-8-6-5-7-9-13/h8,12,14,17H,4-7,9-11H2,1-3H3. The van der Waals surface area contributed by atoms with Gasteiger partial charge in [-0.15, -0.1) is 0 Å². The Balaban J connectivity index is 2.20. The second-order valence-corrected chi connectivity index (χ2v) is 5.47. The van der Waals surface area contributed by atoms with Gasteiger partial charge in [-0.05, 0) is 45.6 Å². The first-order chi connectivity index (χ1) is 9.80. The van der Waals surface area contributed by atoms with Gasteiger partial charge in [0, 0.05) is 6.54 Å². The topological polar surface area (TPSA) is 39.1 Å². The van der Waals surface area contributed by atoms with E-state index in [0.29, 0.717) is 0 Å². The highest BCUT2D eigenvalue weighted by Gasteiger charge is 2.22. The zero-order valence-corrected chi connectivity index (χ0v) is 13.0. The van der Waals surface area contributed by atoms with E-state index >= 15 is 0 Å².